The smallest absolute Gasteiger partial charge is 0.290 e. The van der Waals surface area contributed by atoms with Gasteiger partial charge in [-0.3, -0.25) is 4.79 Å². The van der Waals surface area contributed by atoms with E-state index in [4.69, 9.17) is 0 Å². The van der Waals surface area contributed by atoms with Gasteiger partial charge in [0.2, 0.25) is 5.82 Å². The van der Waals surface area contributed by atoms with Crippen LogP contribution in [0.3, 0.4) is 0 Å². The van der Waals surface area contributed by atoms with Gasteiger partial charge >= 0.3 is 0 Å². The molecule has 0 spiro atoms. The zero-order valence-electron chi connectivity index (χ0n) is 16.6. The minimum Gasteiger partial charge on any atom is -0.349 e. The lowest BCUT2D eigenvalue weighted by atomic mass is 10.2. The highest BCUT2D eigenvalue weighted by Gasteiger charge is 2.31. The number of nitrogens with zero attached hydrogens (tertiary/aromatic N) is 3. The van der Waals surface area contributed by atoms with Crippen molar-refractivity contribution in [2.45, 2.75) is 30.9 Å². The average molecular weight is 425 g/mol. The lowest BCUT2D eigenvalue weighted by Crippen LogP contribution is -2.27. The fourth-order valence-electron chi connectivity index (χ4n) is 3.26. The van der Waals surface area contributed by atoms with E-state index >= 15 is 0 Å². The zero-order chi connectivity index (χ0) is 21.0. The van der Waals surface area contributed by atoms with Crippen LogP contribution in [0.25, 0.3) is 5.69 Å². The van der Waals surface area contributed by atoms with Crippen LogP contribution < -0.4 is 5.32 Å². The van der Waals surface area contributed by atoms with E-state index in [2.05, 4.69) is 15.4 Å². The largest absolute Gasteiger partial charge is 0.349 e. The molecule has 1 N–H and O–H groups in total. The van der Waals surface area contributed by atoms with Crippen molar-refractivity contribution in [3.63, 3.8) is 0 Å². The summed E-state index contributed by atoms with van der Waals surface area (Å²) in [5, 5.41) is 7.15. The summed E-state index contributed by atoms with van der Waals surface area (Å²) >= 11 is 0. The van der Waals surface area contributed by atoms with Gasteiger partial charge in [0.05, 0.1) is 17.2 Å². The first-order chi connectivity index (χ1) is 14.5. The summed E-state index contributed by atoms with van der Waals surface area (Å²) in [4.78, 5) is 17.0. The predicted octanol–water partition coefficient (Wildman–Crippen LogP) is 2.88. The molecule has 0 aliphatic heterocycles. The Hall–Kier alpha value is -3.00. The highest BCUT2D eigenvalue weighted by molar-refractivity contribution is 7.90. The Balaban J connectivity index is 1.33. The molecule has 7 nitrogen and oxygen atoms in total. The topological polar surface area (TPSA) is 94.0 Å². The third kappa shape index (κ3) is 5.13. The number of carbonyl (C=O) groups excluding carboxylic acids is 1. The second-order valence-electron chi connectivity index (χ2n) is 7.50. The lowest BCUT2D eigenvalue weighted by Gasteiger charge is -2.05. The maximum Gasteiger partial charge on any atom is 0.290 e. The fraction of sp³-hybridized carbons (Fsp3) is 0.318. The SMILES string of the molecule is O=C(NCCCS(=O)(=O)Cc1ccccc1)c1nc(C2CC2)n(-c2ccccc2)n1. The fourth-order valence-corrected chi connectivity index (χ4v) is 4.69. The highest BCUT2D eigenvalue weighted by atomic mass is 32.2. The molecule has 0 unspecified atom stereocenters. The standard InChI is InChI=1S/C22H24N4O3S/c27-22(23-14-7-15-30(28,29)16-17-8-3-1-4-9-17)20-24-21(18-12-13-18)26(25-20)19-10-5-2-6-11-19/h1-6,8-11,18H,7,12-16H2,(H,23,27). The first kappa shape index (κ1) is 20.3. The van der Waals surface area contributed by atoms with Crippen LogP contribution >= 0.6 is 0 Å². The van der Waals surface area contributed by atoms with Gasteiger partial charge in [-0.2, -0.15) is 0 Å². The van der Waals surface area contributed by atoms with Crippen LogP contribution in [0.15, 0.2) is 60.7 Å². The molecule has 30 heavy (non-hydrogen) atoms. The Kier molecular flexibility index (Phi) is 5.94. The molecule has 1 saturated carbocycles. The average Bonchev–Trinajstić information content (AvgIpc) is 3.50. The van der Waals surface area contributed by atoms with E-state index in [1.165, 1.54) is 0 Å². The summed E-state index contributed by atoms with van der Waals surface area (Å²) in [5.41, 5.74) is 1.64. The minimum atomic E-state index is -3.23. The van der Waals surface area contributed by atoms with Gasteiger partial charge in [-0.1, -0.05) is 48.5 Å². The van der Waals surface area contributed by atoms with Crippen molar-refractivity contribution in [1.82, 2.24) is 20.1 Å². The number of hydrogen-bond donors (Lipinski definition) is 1. The van der Waals surface area contributed by atoms with Crippen LogP contribution in [0.4, 0.5) is 0 Å². The summed E-state index contributed by atoms with van der Waals surface area (Å²) < 4.78 is 26.3. The van der Waals surface area contributed by atoms with Crippen molar-refractivity contribution in [2.75, 3.05) is 12.3 Å². The molecule has 1 fully saturated rings. The van der Waals surface area contributed by atoms with E-state index < -0.39 is 9.84 Å². The van der Waals surface area contributed by atoms with Gasteiger partial charge < -0.3 is 5.32 Å². The quantitative estimate of drug-likeness (QED) is 0.533. The minimum absolute atomic E-state index is 0.00950. The molecule has 3 aromatic rings. The Morgan fingerprint density at radius 1 is 1.03 bits per heavy atom. The molecule has 2 aromatic carbocycles. The molecule has 1 aliphatic carbocycles. The Morgan fingerprint density at radius 3 is 2.37 bits per heavy atom. The summed E-state index contributed by atoms with van der Waals surface area (Å²) in [7, 11) is -3.23. The molecule has 4 rings (SSSR count). The van der Waals surface area contributed by atoms with Gasteiger partial charge in [0, 0.05) is 12.5 Å². The van der Waals surface area contributed by atoms with E-state index in [1.54, 1.807) is 16.8 Å². The monoisotopic (exact) mass is 424 g/mol. The van der Waals surface area contributed by atoms with Crippen LogP contribution in [-0.4, -0.2) is 41.4 Å². The number of benzene rings is 2. The van der Waals surface area contributed by atoms with Crippen molar-refractivity contribution in [2.24, 2.45) is 0 Å². The molecular weight excluding hydrogens is 400 g/mol. The maximum absolute atomic E-state index is 12.5. The first-order valence-corrected chi connectivity index (χ1v) is 11.9. The summed E-state index contributed by atoms with van der Waals surface area (Å²) in [5.74, 6) is 0.899. The number of sulfone groups is 1. The highest BCUT2D eigenvalue weighted by Crippen LogP contribution is 2.39. The number of para-hydroxylation sites is 1. The molecule has 0 bridgehead atoms. The van der Waals surface area contributed by atoms with Crippen LogP contribution in [-0.2, 0) is 15.6 Å². The van der Waals surface area contributed by atoms with E-state index in [9.17, 15) is 13.2 Å². The molecule has 1 aromatic heterocycles. The van der Waals surface area contributed by atoms with Crippen LogP contribution in [0, 0.1) is 0 Å². The predicted molar refractivity (Wildman–Crippen MR) is 114 cm³/mol. The zero-order valence-corrected chi connectivity index (χ0v) is 17.4. The van der Waals surface area contributed by atoms with Crippen molar-refractivity contribution < 1.29 is 13.2 Å². The molecule has 0 saturated heterocycles. The van der Waals surface area contributed by atoms with Crippen molar-refractivity contribution in [1.29, 1.82) is 0 Å². The van der Waals surface area contributed by atoms with Gasteiger partial charge in [0.1, 0.15) is 5.82 Å². The van der Waals surface area contributed by atoms with Crippen LogP contribution in [0.2, 0.25) is 0 Å². The number of aromatic nitrogens is 3. The Labute approximate surface area is 176 Å². The molecule has 1 aliphatic rings. The number of hydrogen-bond acceptors (Lipinski definition) is 5. The van der Waals surface area contributed by atoms with Crippen LogP contribution in [0.5, 0.6) is 0 Å². The third-order valence-electron chi connectivity index (χ3n) is 4.93. The summed E-state index contributed by atoms with van der Waals surface area (Å²) in [6.07, 6.45) is 2.44. The van der Waals surface area contributed by atoms with E-state index in [1.807, 2.05) is 48.5 Å². The van der Waals surface area contributed by atoms with Gasteiger partial charge in [-0.05, 0) is 37.0 Å². The number of nitrogens with one attached hydrogen (secondary N) is 1. The van der Waals surface area contributed by atoms with E-state index in [0.29, 0.717) is 12.3 Å². The Bertz CT molecular complexity index is 1110. The van der Waals surface area contributed by atoms with Crippen molar-refractivity contribution in [3.05, 3.63) is 77.9 Å². The normalized spacial score (nSPS) is 13.9. The number of amides is 1. The summed E-state index contributed by atoms with van der Waals surface area (Å²) in [6.45, 7) is 0.255. The molecule has 156 valence electrons. The molecule has 0 atom stereocenters. The van der Waals surface area contributed by atoms with Crippen LogP contribution in [0.1, 0.15) is 47.2 Å². The number of rotatable bonds is 9. The maximum atomic E-state index is 12.5. The molecule has 0 radical (unpaired) electrons. The van der Waals surface area contributed by atoms with E-state index in [-0.39, 0.29) is 29.8 Å². The summed E-state index contributed by atoms with van der Waals surface area (Å²) in [6, 6.07) is 18.7. The van der Waals surface area contributed by atoms with E-state index in [0.717, 1.165) is 29.9 Å². The molecule has 1 amide bonds. The first-order valence-electron chi connectivity index (χ1n) is 10.1. The second-order valence-corrected chi connectivity index (χ2v) is 9.69. The molecule has 8 heteroatoms. The molecular formula is C22H24N4O3S. The molecule has 1 heterocycles. The lowest BCUT2D eigenvalue weighted by molar-refractivity contribution is 0.0943. The van der Waals surface area contributed by atoms with Gasteiger partial charge in [-0.15, -0.1) is 5.10 Å². The van der Waals surface area contributed by atoms with Crippen molar-refractivity contribution in [3.8, 4) is 5.69 Å². The van der Waals surface area contributed by atoms with Crippen molar-refractivity contribution >= 4 is 15.7 Å². The third-order valence-corrected chi connectivity index (χ3v) is 6.61. The Morgan fingerprint density at radius 2 is 1.70 bits per heavy atom. The van der Waals surface area contributed by atoms with Gasteiger partial charge in [0.25, 0.3) is 5.91 Å². The number of carbonyl (C=O) groups is 1. The van der Waals surface area contributed by atoms with Gasteiger partial charge in [-0.25, -0.2) is 18.1 Å². The van der Waals surface area contributed by atoms with Gasteiger partial charge in [0.15, 0.2) is 9.84 Å². The second kappa shape index (κ2) is 8.79.